The van der Waals surface area contributed by atoms with Crippen LogP contribution in [0.3, 0.4) is 0 Å². The molecule has 0 radical (unpaired) electrons. The molecule has 1 atom stereocenters. The van der Waals surface area contributed by atoms with Crippen molar-refractivity contribution in [2.24, 2.45) is 7.05 Å². The van der Waals surface area contributed by atoms with Gasteiger partial charge in [0.05, 0.1) is 11.6 Å². The minimum atomic E-state index is -0.895. The molecule has 43 heavy (non-hydrogen) atoms. The van der Waals surface area contributed by atoms with Crippen molar-refractivity contribution in [3.63, 3.8) is 0 Å². The number of aryl methyl sites for hydroxylation is 1. The number of amides is 1. The van der Waals surface area contributed by atoms with E-state index in [0.717, 1.165) is 44.2 Å². The van der Waals surface area contributed by atoms with Crippen molar-refractivity contribution in [3.05, 3.63) is 108 Å². The average molecular weight is 576 g/mol. The number of carboxylic acids is 1. The van der Waals surface area contributed by atoms with Crippen LogP contribution in [-0.2, 0) is 26.7 Å². The van der Waals surface area contributed by atoms with E-state index in [-0.39, 0.29) is 0 Å². The van der Waals surface area contributed by atoms with Gasteiger partial charge in [0.25, 0.3) is 0 Å². The molecular formula is C35H33N3O5. The molecule has 5 aromatic rings. The number of nitrogens with zero attached hydrogens (tertiary/aromatic N) is 2. The topological polar surface area (TPSA) is 103 Å². The van der Waals surface area contributed by atoms with Crippen molar-refractivity contribution in [1.29, 1.82) is 0 Å². The second-order valence-corrected chi connectivity index (χ2v) is 11.0. The van der Waals surface area contributed by atoms with E-state index in [1.807, 2.05) is 67.6 Å². The highest BCUT2D eigenvalue weighted by atomic mass is 16.6. The average Bonchev–Trinajstić information content (AvgIpc) is 3.40. The number of rotatable bonds is 7. The van der Waals surface area contributed by atoms with Crippen molar-refractivity contribution in [3.8, 4) is 22.3 Å². The maximum absolute atomic E-state index is 12.8. The molecule has 2 heterocycles. The third-order valence-electron chi connectivity index (χ3n) is 8.39. The fourth-order valence-electron chi connectivity index (χ4n) is 5.80. The number of ether oxygens (including phenoxy) is 2. The van der Waals surface area contributed by atoms with Crippen LogP contribution in [0.4, 0.5) is 10.6 Å². The van der Waals surface area contributed by atoms with Gasteiger partial charge in [0, 0.05) is 25.8 Å². The Bertz CT molecular complexity index is 1770. The fourth-order valence-corrected chi connectivity index (χ4v) is 5.80. The molecule has 8 heteroatoms. The molecule has 218 valence electrons. The number of nitrogens with one attached hydrogen (secondary N) is 1. The number of carbonyl (C=O) groups excluding carboxylic acids is 1. The Kier molecular flexibility index (Phi) is 7.69. The zero-order valence-corrected chi connectivity index (χ0v) is 24.1. The zero-order valence-electron chi connectivity index (χ0n) is 24.1. The Morgan fingerprint density at radius 3 is 2.21 bits per heavy atom. The third-order valence-corrected chi connectivity index (χ3v) is 8.39. The van der Waals surface area contributed by atoms with Crippen LogP contribution in [-0.4, -0.2) is 40.2 Å². The predicted octanol–water partition coefficient (Wildman–Crippen LogP) is 7.35. The van der Waals surface area contributed by atoms with Gasteiger partial charge in [0.1, 0.15) is 11.9 Å². The molecule has 0 bridgehead atoms. The lowest BCUT2D eigenvalue weighted by Gasteiger charge is -2.33. The SMILES string of the molecule is C[C@@H](OC(=O)Nc1c(-c2ccc3cc(-c4ccc(C5(C(=O)O)CCOCC5)cc4)ccc3c2)cnn1C)c1ccccc1. The van der Waals surface area contributed by atoms with Gasteiger partial charge < -0.3 is 14.6 Å². The van der Waals surface area contributed by atoms with E-state index in [1.54, 1.807) is 17.9 Å². The first-order valence-electron chi connectivity index (χ1n) is 14.3. The van der Waals surface area contributed by atoms with Crippen molar-refractivity contribution in [2.45, 2.75) is 31.3 Å². The van der Waals surface area contributed by atoms with E-state index in [4.69, 9.17) is 9.47 Å². The van der Waals surface area contributed by atoms with Gasteiger partial charge in [0.15, 0.2) is 0 Å². The summed E-state index contributed by atoms with van der Waals surface area (Å²) in [5.74, 6) is -0.249. The minimum absolute atomic E-state index is 0.399. The van der Waals surface area contributed by atoms with Gasteiger partial charge >= 0.3 is 12.1 Å². The summed E-state index contributed by atoms with van der Waals surface area (Å²) >= 11 is 0. The quantitative estimate of drug-likeness (QED) is 0.210. The Hall–Kier alpha value is -4.95. The monoisotopic (exact) mass is 575 g/mol. The van der Waals surface area contributed by atoms with Crippen LogP contribution >= 0.6 is 0 Å². The Morgan fingerprint density at radius 2 is 1.53 bits per heavy atom. The lowest BCUT2D eigenvalue weighted by Crippen LogP contribution is -2.41. The summed E-state index contributed by atoms with van der Waals surface area (Å²) in [6.07, 6.45) is 1.73. The normalized spacial score (nSPS) is 15.1. The van der Waals surface area contributed by atoms with E-state index in [2.05, 4.69) is 40.7 Å². The molecule has 8 nitrogen and oxygen atoms in total. The van der Waals surface area contributed by atoms with Crippen LogP contribution in [0.2, 0.25) is 0 Å². The van der Waals surface area contributed by atoms with Crippen LogP contribution < -0.4 is 5.32 Å². The van der Waals surface area contributed by atoms with Gasteiger partial charge in [-0.3, -0.25) is 14.8 Å². The molecule has 1 amide bonds. The van der Waals surface area contributed by atoms with E-state index < -0.39 is 23.6 Å². The number of carboxylic acid groups (broad SMARTS) is 1. The predicted molar refractivity (Wildman–Crippen MR) is 166 cm³/mol. The molecule has 6 rings (SSSR count). The van der Waals surface area contributed by atoms with Crippen LogP contribution in [0.1, 0.15) is 37.0 Å². The number of anilines is 1. The van der Waals surface area contributed by atoms with Gasteiger partial charge in [-0.2, -0.15) is 5.10 Å². The first-order valence-corrected chi connectivity index (χ1v) is 14.3. The number of carbonyl (C=O) groups is 2. The van der Waals surface area contributed by atoms with Gasteiger partial charge in [-0.25, -0.2) is 4.79 Å². The summed E-state index contributed by atoms with van der Waals surface area (Å²) in [4.78, 5) is 25.0. The second-order valence-electron chi connectivity index (χ2n) is 11.0. The van der Waals surface area contributed by atoms with Gasteiger partial charge in [0.2, 0.25) is 0 Å². The number of aliphatic carboxylic acids is 1. The van der Waals surface area contributed by atoms with Crippen LogP contribution in [0.25, 0.3) is 33.0 Å². The van der Waals surface area contributed by atoms with Crippen molar-refractivity contribution in [2.75, 3.05) is 18.5 Å². The van der Waals surface area contributed by atoms with E-state index in [9.17, 15) is 14.7 Å². The highest BCUT2D eigenvalue weighted by Crippen LogP contribution is 2.37. The Balaban J connectivity index is 1.21. The number of benzene rings is 4. The molecule has 1 saturated heterocycles. The Labute approximate surface area is 249 Å². The molecule has 0 aliphatic carbocycles. The first kappa shape index (κ1) is 28.2. The van der Waals surface area contributed by atoms with Gasteiger partial charge in [-0.1, -0.05) is 78.9 Å². The molecule has 1 aromatic heterocycles. The summed E-state index contributed by atoms with van der Waals surface area (Å²) in [7, 11) is 1.78. The maximum Gasteiger partial charge on any atom is 0.413 e. The first-order chi connectivity index (χ1) is 20.8. The standard InChI is InChI=1S/C35H33N3O5/c1-23(24-6-4-3-5-7-24)43-34(41)37-32-31(22-36-38(32)2)29-11-10-27-20-26(8-9-28(27)21-29)25-12-14-30(15-13-25)35(33(39)40)16-18-42-19-17-35/h3-15,20-23H,16-19H2,1-2H3,(H,37,41)(H,39,40)/t23-/m1/s1. The minimum Gasteiger partial charge on any atom is -0.481 e. The van der Waals surface area contributed by atoms with Crippen LogP contribution in [0.15, 0.2) is 97.2 Å². The fraction of sp³-hybridized carbons (Fsp3) is 0.229. The van der Waals surface area contributed by atoms with Crippen LogP contribution in [0, 0.1) is 0 Å². The molecule has 2 N–H and O–H groups in total. The lowest BCUT2D eigenvalue weighted by atomic mass is 9.74. The highest BCUT2D eigenvalue weighted by Gasteiger charge is 2.41. The van der Waals surface area contributed by atoms with E-state index in [0.29, 0.717) is 31.9 Å². The molecular weight excluding hydrogens is 542 g/mol. The number of hydrogen-bond donors (Lipinski definition) is 2. The molecule has 0 spiro atoms. The maximum atomic E-state index is 12.8. The molecule has 0 saturated carbocycles. The largest absolute Gasteiger partial charge is 0.481 e. The summed E-state index contributed by atoms with van der Waals surface area (Å²) in [5.41, 5.74) is 4.60. The molecule has 0 unspecified atom stereocenters. The number of hydrogen-bond acceptors (Lipinski definition) is 5. The number of fused-ring (bicyclic) bond motifs is 1. The van der Waals surface area contributed by atoms with Gasteiger partial charge in [-0.15, -0.1) is 0 Å². The van der Waals surface area contributed by atoms with E-state index in [1.165, 1.54) is 0 Å². The second kappa shape index (κ2) is 11.7. The third kappa shape index (κ3) is 5.61. The summed E-state index contributed by atoms with van der Waals surface area (Å²) < 4.78 is 12.7. The van der Waals surface area contributed by atoms with Crippen molar-refractivity contribution < 1.29 is 24.2 Å². The van der Waals surface area contributed by atoms with Crippen molar-refractivity contribution in [1.82, 2.24) is 9.78 Å². The molecule has 4 aromatic carbocycles. The van der Waals surface area contributed by atoms with Crippen LogP contribution in [0.5, 0.6) is 0 Å². The summed E-state index contributed by atoms with van der Waals surface area (Å²) in [6.45, 7) is 2.74. The van der Waals surface area contributed by atoms with Gasteiger partial charge in [-0.05, 0) is 70.5 Å². The zero-order chi connectivity index (χ0) is 30.0. The van der Waals surface area contributed by atoms with E-state index >= 15 is 0 Å². The summed E-state index contributed by atoms with van der Waals surface area (Å²) in [5, 5.41) is 19.4. The van der Waals surface area contributed by atoms with Crippen molar-refractivity contribution >= 4 is 28.7 Å². The number of aromatic nitrogens is 2. The smallest absolute Gasteiger partial charge is 0.413 e. The summed E-state index contributed by atoms with van der Waals surface area (Å²) in [6, 6.07) is 29.8. The molecule has 1 aliphatic rings. The molecule has 1 fully saturated rings. The Morgan fingerprint density at radius 1 is 0.907 bits per heavy atom. The highest BCUT2D eigenvalue weighted by molar-refractivity contribution is 5.94. The lowest BCUT2D eigenvalue weighted by molar-refractivity contribution is -0.147. The molecule has 1 aliphatic heterocycles.